The zero-order valence-electron chi connectivity index (χ0n) is 7.45. The number of thiol groups is 1. The Bertz CT molecular complexity index is 234. The molecule has 1 rings (SSSR count). The summed E-state index contributed by atoms with van der Waals surface area (Å²) in [5, 5.41) is 0. The molecule has 0 radical (unpaired) electrons. The Labute approximate surface area is 83.2 Å². The van der Waals surface area contributed by atoms with Crippen LogP contribution in [0.15, 0.2) is 12.2 Å². The van der Waals surface area contributed by atoms with Gasteiger partial charge in [-0.2, -0.15) is 12.6 Å². The Balaban J connectivity index is 2.59. The average molecular weight is 199 g/mol. The number of carbonyl (C=O) groups is 2. The maximum absolute atomic E-state index is 11.3. The first-order valence-corrected chi connectivity index (χ1v) is 4.89. The van der Waals surface area contributed by atoms with Crippen molar-refractivity contribution in [3.05, 3.63) is 12.2 Å². The van der Waals surface area contributed by atoms with E-state index in [-0.39, 0.29) is 11.8 Å². The Morgan fingerprint density at radius 3 is 2.38 bits per heavy atom. The molecule has 13 heavy (non-hydrogen) atoms. The summed E-state index contributed by atoms with van der Waals surface area (Å²) < 4.78 is 0. The molecule has 0 aromatic heterocycles. The van der Waals surface area contributed by atoms with Gasteiger partial charge in [0.25, 0.3) is 0 Å². The van der Waals surface area contributed by atoms with Crippen LogP contribution in [-0.2, 0) is 9.59 Å². The van der Waals surface area contributed by atoms with Crippen LogP contribution < -0.4 is 0 Å². The summed E-state index contributed by atoms with van der Waals surface area (Å²) in [5.41, 5.74) is 0.798. The van der Waals surface area contributed by atoms with Gasteiger partial charge >= 0.3 is 0 Å². The lowest BCUT2D eigenvalue weighted by Gasteiger charge is -2.25. The van der Waals surface area contributed by atoms with Gasteiger partial charge in [-0.3, -0.25) is 14.5 Å². The van der Waals surface area contributed by atoms with E-state index >= 15 is 0 Å². The van der Waals surface area contributed by atoms with Gasteiger partial charge < -0.3 is 0 Å². The van der Waals surface area contributed by atoms with Crippen molar-refractivity contribution in [2.24, 2.45) is 0 Å². The summed E-state index contributed by atoms with van der Waals surface area (Å²) >= 11 is 4.03. The number of hydrogen-bond acceptors (Lipinski definition) is 3. The SMILES string of the molecule is C=C(CS)CN1C(=O)CCCC1=O. The third kappa shape index (κ3) is 2.59. The smallest absolute Gasteiger partial charge is 0.229 e. The summed E-state index contributed by atoms with van der Waals surface area (Å²) in [4.78, 5) is 23.9. The number of amides is 2. The van der Waals surface area contributed by atoms with Crippen LogP contribution in [0.5, 0.6) is 0 Å². The van der Waals surface area contributed by atoms with E-state index in [4.69, 9.17) is 0 Å². The Morgan fingerprint density at radius 2 is 1.92 bits per heavy atom. The summed E-state index contributed by atoms with van der Waals surface area (Å²) in [7, 11) is 0. The van der Waals surface area contributed by atoms with Crippen LogP contribution in [0.2, 0.25) is 0 Å². The van der Waals surface area contributed by atoms with Crippen LogP contribution in [0.4, 0.5) is 0 Å². The normalized spacial score (nSPS) is 17.8. The molecule has 0 aliphatic carbocycles. The van der Waals surface area contributed by atoms with E-state index in [9.17, 15) is 9.59 Å². The Kier molecular flexibility index (Phi) is 3.54. The molecule has 3 nitrogen and oxygen atoms in total. The molecule has 0 aromatic rings. The maximum Gasteiger partial charge on any atom is 0.229 e. The highest BCUT2D eigenvalue weighted by Crippen LogP contribution is 2.13. The van der Waals surface area contributed by atoms with E-state index in [1.165, 1.54) is 4.90 Å². The topological polar surface area (TPSA) is 37.4 Å². The van der Waals surface area contributed by atoms with Crippen LogP contribution >= 0.6 is 12.6 Å². The molecule has 0 aromatic carbocycles. The van der Waals surface area contributed by atoms with Crippen molar-refractivity contribution in [1.29, 1.82) is 0 Å². The van der Waals surface area contributed by atoms with E-state index < -0.39 is 0 Å². The minimum absolute atomic E-state index is 0.0841. The molecule has 0 N–H and O–H groups in total. The molecule has 1 saturated heterocycles. The second kappa shape index (κ2) is 4.46. The number of likely N-dealkylation sites (tertiary alicyclic amines) is 1. The summed E-state index contributed by atoms with van der Waals surface area (Å²) in [5.74, 6) is 0.343. The zero-order valence-corrected chi connectivity index (χ0v) is 8.35. The fraction of sp³-hybridized carbons (Fsp3) is 0.556. The fourth-order valence-corrected chi connectivity index (χ4v) is 1.35. The third-order valence-electron chi connectivity index (χ3n) is 1.99. The van der Waals surface area contributed by atoms with Crippen LogP contribution in [0, 0.1) is 0 Å². The molecule has 0 spiro atoms. The molecule has 1 aliphatic rings. The molecular weight excluding hydrogens is 186 g/mol. The summed E-state index contributed by atoms with van der Waals surface area (Å²) in [6.45, 7) is 4.05. The molecule has 2 amide bonds. The predicted octanol–water partition coefficient (Wildman–Crippen LogP) is 1.01. The van der Waals surface area contributed by atoms with Crippen molar-refractivity contribution >= 4 is 24.4 Å². The number of piperidine rings is 1. The van der Waals surface area contributed by atoms with Gasteiger partial charge in [-0.15, -0.1) is 0 Å². The zero-order chi connectivity index (χ0) is 9.84. The van der Waals surface area contributed by atoms with Crippen LogP contribution in [0.25, 0.3) is 0 Å². The van der Waals surface area contributed by atoms with Crippen molar-refractivity contribution in [3.63, 3.8) is 0 Å². The average Bonchev–Trinajstić information content (AvgIpc) is 2.11. The molecule has 0 saturated carbocycles. The molecule has 0 atom stereocenters. The third-order valence-corrected chi connectivity index (χ3v) is 2.44. The van der Waals surface area contributed by atoms with Crippen molar-refractivity contribution in [1.82, 2.24) is 4.90 Å². The number of rotatable bonds is 3. The van der Waals surface area contributed by atoms with E-state index in [1.807, 2.05) is 0 Å². The van der Waals surface area contributed by atoms with Gasteiger partial charge in [0.15, 0.2) is 0 Å². The molecule has 1 fully saturated rings. The van der Waals surface area contributed by atoms with Gasteiger partial charge in [-0.05, 0) is 12.0 Å². The minimum Gasteiger partial charge on any atom is -0.278 e. The number of nitrogens with zero attached hydrogens (tertiary/aromatic N) is 1. The van der Waals surface area contributed by atoms with E-state index in [0.29, 0.717) is 31.6 Å². The highest BCUT2D eigenvalue weighted by molar-refractivity contribution is 7.80. The molecule has 4 heteroatoms. The van der Waals surface area contributed by atoms with Crippen LogP contribution in [0.1, 0.15) is 19.3 Å². The number of carbonyl (C=O) groups excluding carboxylic acids is 2. The van der Waals surface area contributed by atoms with Gasteiger partial charge in [0.05, 0.1) is 6.54 Å². The molecular formula is C9H13NO2S. The predicted molar refractivity (Wildman–Crippen MR) is 53.6 cm³/mol. The maximum atomic E-state index is 11.3. The lowest BCUT2D eigenvalue weighted by atomic mass is 10.1. The van der Waals surface area contributed by atoms with Crippen molar-refractivity contribution in [2.75, 3.05) is 12.3 Å². The monoisotopic (exact) mass is 199 g/mol. The van der Waals surface area contributed by atoms with Crippen molar-refractivity contribution < 1.29 is 9.59 Å². The Hall–Kier alpha value is -0.770. The first kappa shape index (κ1) is 10.3. The number of hydrogen-bond donors (Lipinski definition) is 1. The number of imide groups is 1. The van der Waals surface area contributed by atoms with Gasteiger partial charge in [0, 0.05) is 18.6 Å². The van der Waals surface area contributed by atoms with Crippen molar-refractivity contribution in [2.45, 2.75) is 19.3 Å². The van der Waals surface area contributed by atoms with E-state index in [0.717, 1.165) is 5.57 Å². The molecule has 1 aliphatic heterocycles. The van der Waals surface area contributed by atoms with E-state index in [2.05, 4.69) is 19.2 Å². The fourth-order valence-electron chi connectivity index (χ4n) is 1.25. The van der Waals surface area contributed by atoms with Gasteiger partial charge in [-0.1, -0.05) is 6.58 Å². The first-order chi connectivity index (χ1) is 6.15. The van der Waals surface area contributed by atoms with Crippen LogP contribution in [0.3, 0.4) is 0 Å². The molecule has 72 valence electrons. The summed E-state index contributed by atoms with van der Waals surface area (Å²) in [6, 6.07) is 0. The highest BCUT2D eigenvalue weighted by atomic mass is 32.1. The van der Waals surface area contributed by atoms with Gasteiger partial charge in [-0.25, -0.2) is 0 Å². The Morgan fingerprint density at radius 1 is 1.38 bits per heavy atom. The minimum atomic E-state index is -0.0841. The second-order valence-corrected chi connectivity index (χ2v) is 3.45. The quantitative estimate of drug-likeness (QED) is 0.418. The standard InChI is InChI=1S/C9H13NO2S/c1-7(6-13)5-10-8(11)3-2-4-9(10)12/h13H,1-6H2. The molecule has 1 heterocycles. The summed E-state index contributed by atoms with van der Waals surface area (Å²) in [6.07, 6.45) is 1.64. The highest BCUT2D eigenvalue weighted by Gasteiger charge is 2.25. The molecule has 0 bridgehead atoms. The van der Waals surface area contributed by atoms with Gasteiger partial charge in [0.2, 0.25) is 11.8 Å². The largest absolute Gasteiger partial charge is 0.278 e. The van der Waals surface area contributed by atoms with Crippen LogP contribution in [-0.4, -0.2) is 29.0 Å². The lowest BCUT2D eigenvalue weighted by molar-refractivity contribution is -0.147. The first-order valence-electron chi connectivity index (χ1n) is 4.26. The second-order valence-electron chi connectivity index (χ2n) is 3.14. The van der Waals surface area contributed by atoms with Crippen molar-refractivity contribution in [3.8, 4) is 0 Å². The van der Waals surface area contributed by atoms with Gasteiger partial charge in [0.1, 0.15) is 0 Å². The lowest BCUT2D eigenvalue weighted by Crippen LogP contribution is -2.41. The molecule has 0 unspecified atom stereocenters. The van der Waals surface area contributed by atoms with E-state index in [1.54, 1.807) is 0 Å².